The molecule has 1 fully saturated rings. The average molecular weight is 355 g/mol. The molecule has 0 atom stereocenters. The van der Waals surface area contributed by atoms with Gasteiger partial charge < -0.3 is 20.4 Å². The fourth-order valence-electron chi connectivity index (χ4n) is 3.20. The van der Waals surface area contributed by atoms with Gasteiger partial charge in [-0.1, -0.05) is 0 Å². The predicted molar refractivity (Wildman–Crippen MR) is 101 cm³/mol. The van der Waals surface area contributed by atoms with Gasteiger partial charge >= 0.3 is 0 Å². The molecular formula is C20H25N3O3. The second kappa shape index (κ2) is 8.67. The van der Waals surface area contributed by atoms with Gasteiger partial charge in [0.15, 0.2) is 5.76 Å². The van der Waals surface area contributed by atoms with Crippen molar-refractivity contribution in [2.75, 3.05) is 23.7 Å². The van der Waals surface area contributed by atoms with E-state index in [-0.39, 0.29) is 17.6 Å². The number of amides is 2. The normalized spacial score (nSPS) is 14.8. The van der Waals surface area contributed by atoms with Crippen LogP contribution in [-0.4, -0.2) is 24.9 Å². The van der Waals surface area contributed by atoms with Gasteiger partial charge in [0.2, 0.25) is 5.91 Å². The molecule has 6 heteroatoms. The fraction of sp³-hybridized carbons (Fsp3) is 0.400. The maximum Gasteiger partial charge on any atom is 0.291 e. The third-order valence-electron chi connectivity index (χ3n) is 4.74. The summed E-state index contributed by atoms with van der Waals surface area (Å²) in [6.07, 6.45) is 5.24. The smallest absolute Gasteiger partial charge is 0.291 e. The van der Waals surface area contributed by atoms with Gasteiger partial charge in [0.1, 0.15) is 0 Å². The molecule has 2 aromatic rings. The molecule has 1 aliphatic heterocycles. The summed E-state index contributed by atoms with van der Waals surface area (Å²) in [5, 5.41) is 9.09. The van der Waals surface area contributed by atoms with Gasteiger partial charge in [-0.05, 0) is 81.1 Å². The summed E-state index contributed by atoms with van der Waals surface area (Å²) in [5.74, 6) is 0.648. The Hall–Kier alpha value is -2.60. The predicted octanol–water partition coefficient (Wildman–Crippen LogP) is 3.56. The summed E-state index contributed by atoms with van der Waals surface area (Å²) in [7, 11) is 0. The van der Waals surface area contributed by atoms with Crippen molar-refractivity contribution in [3.05, 3.63) is 47.9 Å². The lowest BCUT2D eigenvalue weighted by Crippen LogP contribution is -2.28. The van der Waals surface area contributed by atoms with Gasteiger partial charge in [-0.3, -0.25) is 9.59 Å². The first-order chi connectivity index (χ1) is 12.6. The van der Waals surface area contributed by atoms with Gasteiger partial charge in [-0.2, -0.15) is 0 Å². The standard InChI is InChI=1S/C20H25N3O3/c1-14-13-16(22-19(24)7-4-15-8-10-21-11-9-15)5-6-17(14)23-20(25)18-3-2-12-26-18/h2-3,5-6,12-13,15,21H,4,7-11H2,1H3,(H,22,24)(H,23,25). The number of hydrogen-bond acceptors (Lipinski definition) is 4. The molecule has 2 amide bonds. The molecule has 1 aromatic carbocycles. The molecule has 26 heavy (non-hydrogen) atoms. The number of furan rings is 1. The highest BCUT2D eigenvalue weighted by atomic mass is 16.3. The Morgan fingerprint density at radius 2 is 2.00 bits per heavy atom. The lowest BCUT2D eigenvalue weighted by atomic mass is 9.93. The fourth-order valence-corrected chi connectivity index (χ4v) is 3.20. The minimum Gasteiger partial charge on any atom is -0.459 e. The number of benzene rings is 1. The van der Waals surface area contributed by atoms with Crippen LogP contribution in [-0.2, 0) is 4.79 Å². The molecule has 0 radical (unpaired) electrons. The number of carbonyl (C=O) groups is 2. The lowest BCUT2D eigenvalue weighted by Gasteiger charge is -2.22. The van der Waals surface area contributed by atoms with Crippen molar-refractivity contribution in [1.82, 2.24) is 5.32 Å². The Balaban J connectivity index is 1.51. The molecule has 1 aromatic heterocycles. The molecule has 0 spiro atoms. The van der Waals surface area contributed by atoms with Crippen molar-refractivity contribution in [3.8, 4) is 0 Å². The molecule has 3 N–H and O–H groups in total. The van der Waals surface area contributed by atoms with Crippen LogP contribution >= 0.6 is 0 Å². The molecule has 138 valence electrons. The maximum atomic E-state index is 12.2. The number of hydrogen-bond donors (Lipinski definition) is 3. The number of rotatable bonds is 6. The van der Waals surface area contributed by atoms with E-state index in [1.54, 1.807) is 24.3 Å². The first-order valence-corrected chi connectivity index (χ1v) is 9.08. The van der Waals surface area contributed by atoms with Crippen LogP contribution in [0.15, 0.2) is 41.0 Å². The summed E-state index contributed by atoms with van der Waals surface area (Å²) >= 11 is 0. The van der Waals surface area contributed by atoms with E-state index in [0.717, 1.165) is 43.6 Å². The molecule has 6 nitrogen and oxygen atoms in total. The van der Waals surface area contributed by atoms with E-state index in [4.69, 9.17) is 4.42 Å². The van der Waals surface area contributed by atoms with Crippen LogP contribution in [0.1, 0.15) is 41.8 Å². The van der Waals surface area contributed by atoms with E-state index in [1.165, 1.54) is 6.26 Å². The summed E-state index contributed by atoms with van der Waals surface area (Å²) in [5.41, 5.74) is 2.31. The zero-order valence-electron chi connectivity index (χ0n) is 15.0. The Bertz CT molecular complexity index is 750. The summed E-state index contributed by atoms with van der Waals surface area (Å²) in [4.78, 5) is 24.2. The van der Waals surface area contributed by atoms with Gasteiger partial charge in [0, 0.05) is 17.8 Å². The Labute approximate surface area is 153 Å². The number of carbonyl (C=O) groups excluding carboxylic acids is 2. The van der Waals surface area contributed by atoms with E-state index in [9.17, 15) is 9.59 Å². The Morgan fingerprint density at radius 3 is 2.69 bits per heavy atom. The second-order valence-corrected chi connectivity index (χ2v) is 6.74. The molecule has 0 aliphatic carbocycles. The zero-order chi connectivity index (χ0) is 18.4. The SMILES string of the molecule is Cc1cc(NC(=O)CCC2CCNCC2)ccc1NC(=O)c1ccco1. The Kier molecular flexibility index (Phi) is 6.07. The second-order valence-electron chi connectivity index (χ2n) is 6.74. The minimum absolute atomic E-state index is 0.0373. The molecule has 2 heterocycles. The first-order valence-electron chi connectivity index (χ1n) is 9.08. The van der Waals surface area contributed by atoms with Gasteiger partial charge in [0.25, 0.3) is 5.91 Å². The first kappa shape index (κ1) is 18.2. The number of piperidine rings is 1. The third kappa shape index (κ3) is 4.95. The zero-order valence-corrected chi connectivity index (χ0v) is 15.0. The monoisotopic (exact) mass is 355 g/mol. The van der Waals surface area contributed by atoms with Gasteiger partial charge in [-0.25, -0.2) is 0 Å². The van der Waals surface area contributed by atoms with Crippen LogP contribution in [0.2, 0.25) is 0 Å². The molecule has 0 unspecified atom stereocenters. The van der Waals surface area contributed by atoms with Crippen molar-refractivity contribution in [3.63, 3.8) is 0 Å². The van der Waals surface area contributed by atoms with Gasteiger partial charge in [0.05, 0.1) is 6.26 Å². The van der Waals surface area contributed by atoms with Crippen molar-refractivity contribution >= 4 is 23.2 Å². The third-order valence-corrected chi connectivity index (χ3v) is 4.74. The topological polar surface area (TPSA) is 83.4 Å². The number of aryl methyl sites for hydroxylation is 1. The summed E-state index contributed by atoms with van der Waals surface area (Å²) in [6.45, 7) is 4.00. The molecule has 0 bridgehead atoms. The molecular weight excluding hydrogens is 330 g/mol. The molecule has 0 saturated carbocycles. The summed E-state index contributed by atoms with van der Waals surface area (Å²) in [6, 6.07) is 8.73. The number of nitrogens with one attached hydrogen (secondary N) is 3. The van der Waals surface area contributed by atoms with Crippen LogP contribution in [0.3, 0.4) is 0 Å². The molecule has 3 rings (SSSR count). The van der Waals surface area contributed by atoms with E-state index in [1.807, 2.05) is 13.0 Å². The van der Waals surface area contributed by atoms with Crippen molar-refractivity contribution in [2.24, 2.45) is 5.92 Å². The highest BCUT2D eigenvalue weighted by molar-refractivity contribution is 6.02. The number of anilines is 2. The van der Waals surface area contributed by atoms with E-state index in [0.29, 0.717) is 18.0 Å². The largest absolute Gasteiger partial charge is 0.459 e. The van der Waals surface area contributed by atoms with Crippen LogP contribution in [0.4, 0.5) is 11.4 Å². The van der Waals surface area contributed by atoms with E-state index >= 15 is 0 Å². The van der Waals surface area contributed by atoms with Crippen molar-refractivity contribution < 1.29 is 14.0 Å². The Morgan fingerprint density at radius 1 is 1.19 bits per heavy atom. The van der Waals surface area contributed by atoms with Crippen LogP contribution in [0.25, 0.3) is 0 Å². The quantitative estimate of drug-likeness (QED) is 0.740. The van der Waals surface area contributed by atoms with Crippen molar-refractivity contribution in [2.45, 2.75) is 32.6 Å². The van der Waals surface area contributed by atoms with Crippen LogP contribution in [0, 0.1) is 12.8 Å². The van der Waals surface area contributed by atoms with Crippen molar-refractivity contribution in [1.29, 1.82) is 0 Å². The van der Waals surface area contributed by atoms with Crippen LogP contribution in [0.5, 0.6) is 0 Å². The highest BCUT2D eigenvalue weighted by Gasteiger charge is 2.15. The van der Waals surface area contributed by atoms with E-state index in [2.05, 4.69) is 16.0 Å². The average Bonchev–Trinajstić information content (AvgIpc) is 3.18. The summed E-state index contributed by atoms with van der Waals surface area (Å²) < 4.78 is 5.09. The molecule has 1 aliphatic rings. The molecule has 1 saturated heterocycles. The maximum absolute atomic E-state index is 12.2. The van der Waals surface area contributed by atoms with Gasteiger partial charge in [-0.15, -0.1) is 0 Å². The van der Waals surface area contributed by atoms with E-state index < -0.39 is 0 Å². The van der Waals surface area contributed by atoms with Crippen LogP contribution < -0.4 is 16.0 Å². The minimum atomic E-state index is -0.295. The lowest BCUT2D eigenvalue weighted by molar-refractivity contribution is -0.116. The highest BCUT2D eigenvalue weighted by Crippen LogP contribution is 2.22.